The van der Waals surface area contributed by atoms with E-state index in [-0.39, 0.29) is 5.69 Å². The van der Waals surface area contributed by atoms with Crippen molar-refractivity contribution in [1.29, 1.82) is 0 Å². The molecule has 0 saturated carbocycles. The summed E-state index contributed by atoms with van der Waals surface area (Å²) in [6, 6.07) is 1.37. The van der Waals surface area contributed by atoms with E-state index in [9.17, 15) is 14.0 Å². The summed E-state index contributed by atoms with van der Waals surface area (Å²) in [6.45, 7) is 1.93. The predicted octanol–water partition coefficient (Wildman–Crippen LogP) is 1.59. The minimum Gasteiger partial charge on any atom is -0.480 e. The Labute approximate surface area is 104 Å². The van der Waals surface area contributed by atoms with Gasteiger partial charge in [-0.25, -0.2) is 14.2 Å². The number of halogens is 1. The van der Waals surface area contributed by atoms with E-state index in [0.29, 0.717) is 12.8 Å². The third kappa shape index (κ3) is 4.12. The Kier molecular flexibility index (Phi) is 5.23. The molecule has 18 heavy (non-hydrogen) atoms. The number of carboxylic acids is 1. The number of rotatable bonds is 6. The molecule has 1 rings (SSSR count). The first-order valence-corrected chi connectivity index (χ1v) is 5.69. The number of hydrogen-bond donors (Lipinski definition) is 2. The van der Waals surface area contributed by atoms with E-state index in [2.05, 4.69) is 10.3 Å². The quantitative estimate of drug-likeness (QED) is 0.808. The number of aromatic nitrogens is 1. The van der Waals surface area contributed by atoms with Crippen LogP contribution in [0.15, 0.2) is 18.3 Å². The fourth-order valence-electron chi connectivity index (χ4n) is 1.41. The highest BCUT2D eigenvalue weighted by Gasteiger charge is 2.20. The van der Waals surface area contributed by atoms with Crippen LogP contribution in [0.25, 0.3) is 0 Å². The van der Waals surface area contributed by atoms with Crippen LogP contribution in [-0.2, 0) is 4.79 Å². The number of pyridine rings is 1. The van der Waals surface area contributed by atoms with Crippen molar-refractivity contribution in [2.75, 3.05) is 0 Å². The highest BCUT2D eigenvalue weighted by molar-refractivity contribution is 5.94. The van der Waals surface area contributed by atoms with Gasteiger partial charge in [-0.1, -0.05) is 19.8 Å². The fraction of sp³-hybridized carbons (Fsp3) is 0.417. The molecule has 2 N–H and O–H groups in total. The van der Waals surface area contributed by atoms with Gasteiger partial charge in [0.05, 0.1) is 6.20 Å². The zero-order chi connectivity index (χ0) is 13.5. The smallest absolute Gasteiger partial charge is 0.326 e. The van der Waals surface area contributed by atoms with E-state index >= 15 is 0 Å². The first-order chi connectivity index (χ1) is 8.54. The number of nitrogens with one attached hydrogen (secondary N) is 1. The Balaban J connectivity index is 2.66. The van der Waals surface area contributed by atoms with Gasteiger partial charge in [0.25, 0.3) is 5.91 Å². The summed E-state index contributed by atoms with van der Waals surface area (Å²) in [5.41, 5.74) is -0.000788. The number of amides is 1. The number of carbonyl (C=O) groups is 2. The van der Waals surface area contributed by atoms with Crippen LogP contribution < -0.4 is 5.32 Å². The van der Waals surface area contributed by atoms with Crippen LogP contribution >= 0.6 is 0 Å². The second-order valence-electron chi connectivity index (χ2n) is 3.87. The largest absolute Gasteiger partial charge is 0.480 e. The van der Waals surface area contributed by atoms with Crippen molar-refractivity contribution in [1.82, 2.24) is 10.3 Å². The van der Waals surface area contributed by atoms with Gasteiger partial charge in [-0.2, -0.15) is 0 Å². The number of carboxylic acid groups (broad SMARTS) is 1. The Hall–Kier alpha value is -1.98. The van der Waals surface area contributed by atoms with Crippen LogP contribution in [0.4, 0.5) is 4.39 Å². The van der Waals surface area contributed by atoms with E-state index in [4.69, 9.17) is 5.11 Å². The molecule has 0 aliphatic carbocycles. The van der Waals surface area contributed by atoms with Crippen molar-refractivity contribution in [3.63, 3.8) is 0 Å². The van der Waals surface area contributed by atoms with Crippen molar-refractivity contribution in [3.05, 3.63) is 29.8 Å². The van der Waals surface area contributed by atoms with Crippen LogP contribution in [0.3, 0.4) is 0 Å². The standard InChI is InChI=1S/C12H15FN2O3/c1-2-3-4-10(12(17)18)15-11(16)9-6-5-8(13)7-14-9/h5-7,10H,2-4H2,1H3,(H,15,16)(H,17,18)/t10-/m0/s1. The van der Waals surface area contributed by atoms with Crippen LogP contribution in [-0.4, -0.2) is 28.0 Å². The van der Waals surface area contributed by atoms with E-state index in [1.165, 1.54) is 6.07 Å². The summed E-state index contributed by atoms with van der Waals surface area (Å²) >= 11 is 0. The minimum atomic E-state index is -1.08. The maximum absolute atomic E-state index is 12.6. The number of unbranched alkanes of at least 4 members (excludes halogenated alkanes) is 1. The average molecular weight is 254 g/mol. The number of carbonyl (C=O) groups excluding carboxylic acids is 1. The maximum Gasteiger partial charge on any atom is 0.326 e. The summed E-state index contributed by atoms with van der Waals surface area (Å²) in [6.07, 6.45) is 2.82. The minimum absolute atomic E-state index is 0.000788. The molecule has 0 unspecified atom stereocenters. The molecule has 1 amide bonds. The van der Waals surface area contributed by atoms with Gasteiger partial charge in [0, 0.05) is 0 Å². The van der Waals surface area contributed by atoms with Crippen LogP contribution in [0.1, 0.15) is 36.7 Å². The Morgan fingerprint density at radius 1 is 1.50 bits per heavy atom. The molecule has 0 radical (unpaired) electrons. The van der Waals surface area contributed by atoms with Gasteiger partial charge < -0.3 is 10.4 Å². The number of aliphatic carboxylic acids is 1. The molecule has 1 aromatic heterocycles. The molecule has 0 spiro atoms. The van der Waals surface area contributed by atoms with Crippen molar-refractivity contribution in [3.8, 4) is 0 Å². The molecular weight excluding hydrogens is 239 g/mol. The first kappa shape index (κ1) is 14.1. The third-order valence-electron chi connectivity index (χ3n) is 2.41. The number of nitrogens with zero attached hydrogens (tertiary/aromatic N) is 1. The van der Waals surface area contributed by atoms with Gasteiger partial charge in [-0.3, -0.25) is 4.79 Å². The highest BCUT2D eigenvalue weighted by atomic mass is 19.1. The molecule has 6 heteroatoms. The number of hydrogen-bond acceptors (Lipinski definition) is 3. The van der Waals surface area contributed by atoms with Crippen molar-refractivity contribution in [2.45, 2.75) is 32.2 Å². The molecule has 0 fully saturated rings. The molecule has 1 atom stereocenters. The highest BCUT2D eigenvalue weighted by Crippen LogP contribution is 2.03. The lowest BCUT2D eigenvalue weighted by molar-refractivity contribution is -0.139. The van der Waals surface area contributed by atoms with Gasteiger partial charge in [-0.15, -0.1) is 0 Å². The molecule has 1 heterocycles. The lowest BCUT2D eigenvalue weighted by Crippen LogP contribution is -2.41. The Morgan fingerprint density at radius 2 is 2.22 bits per heavy atom. The summed E-state index contributed by atoms with van der Waals surface area (Å²) in [5.74, 6) is -2.25. The van der Waals surface area contributed by atoms with E-state index in [1.807, 2.05) is 6.92 Å². The van der Waals surface area contributed by atoms with Gasteiger partial charge in [0.15, 0.2) is 0 Å². The Bertz CT molecular complexity index is 420. The molecule has 0 aromatic carbocycles. The van der Waals surface area contributed by atoms with Gasteiger partial charge >= 0.3 is 5.97 Å². The molecule has 0 bridgehead atoms. The summed E-state index contributed by atoms with van der Waals surface area (Å²) in [4.78, 5) is 26.2. The van der Waals surface area contributed by atoms with Crippen LogP contribution in [0.5, 0.6) is 0 Å². The topological polar surface area (TPSA) is 79.3 Å². The molecule has 0 aliphatic rings. The zero-order valence-corrected chi connectivity index (χ0v) is 10.0. The lowest BCUT2D eigenvalue weighted by Gasteiger charge is -2.13. The second-order valence-corrected chi connectivity index (χ2v) is 3.87. The SMILES string of the molecule is CCCC[C@H](NC(=O)c1ccc(F)cn1)C(=O)O. The molecule has 0 aliphatic heterocycles. The zero-order valence-electron chi connectivity index (χ0n) is 10.0. The van der Waals surface area contributed by atoms with Gasteiger partial charge in [-0.05, 0) is 18.6 Å². The van der Waals surface area contributed by atoms with Gasteiger partial charge in [0.1, 0.15) is 17.6 Å². The average Bonchev–Trinajstić information content (AvgIpc) is 2.34. The van der Waals surface area contributed by atoms with Crippen molar-refractivity contribution in [2.24, 2.45) is 0 Å². The fourth-order valence-corrected chi connectivity index (χ4v) is 1.41. The van der Waals surface area contributed by atoms with E-state index in [1.54, 1.807) is 0 Å². The predicted molar refractivity (Wildman–Crippen MR) is 62.6 cm³/mol. The van der Waals surface area contributed by atoms with Crippen LogP contribution in [0.2, 0.25) is 0 Å². The van der Waals surface area contributed by atoms with E-state index < -0.39 is 23.7 Å². The van der Waals surface area contributed by atoms with Crippen molar-refractivity contribution >= 4 is 11.9 Å². The lowest BCUT2D eigenvalue weighted by atomic mass is 10.1. The Morgan fingerprint density at radius 3 is 2.72 bits per heavy atom. The summed E-state index contributed by atoms with van der Waals surface area (Å²) in [5, 5.41) is 11.3. The first-order valence-electron chi connectivity index (χ1n) is 5.69. The molecule has 1 aromatic rings. The molecule has 98 valence electrons. The summed E-state index contributed by atoms with van der Waals surface area (Å²) in [7, 11) is 0. The molecule has 5 nitrogen and oxygen atoms in total. The monoisotopic (exact) mass is 254 g/mol. The molecule has 0 saturated heterocycles. The summed E-state index contributed by atoms with van der Waals surface area (Å²) < 4.78 is 12.6. The van der Waals surface area contributed by atoms with E-state index in [0.717, 1.165) is 18.7 Å². The van der Waals surface area contributed by atoms with Crippen molar-refractivity contribution < 1.29 is 19.1 Å². The maximum atomic E-state index is 12.6. The van der Waals surface area contributed by atoms with Gasteiger partial charge in [0.2, 0.25) is 0 Å². The third-order valence-corrected chi connectivity index (χ3v) is 2.41. The normalized spacial score (nSPS) is 11.9. The second kappa shape index (κ2) is 6.68. The van der Waals surface area contributed by atoms with Crippen LogP contribution in [0, 0.1) is 5.82 Å². The molecular formula is C12H15FN2O3.